The summed E-state index contributed by atoms with van der Waals surface area (Å²) in [4.78, 5) is 17.1. The number of aliphatic hydroxyl groups is 1. The van der Waals surface area contributed by atoms with Crippen LogP contribution in [0.4, 0.5) is 17.3 Å². The van der Waals surface area contributed by atoms with Crippen LogP contribution in [0.15, 0.2) is 12.1 Å². The van der Waals surface area contributed by atoms with Crippen LogP contribution < -0.4 is 10.2 Å². The number of rotatable bonds is 7. The van der Waals surface area contributed by atoms with Crippen LogP contribution >= 0.6 is 0 Å². The van der Waals surface area contributed by atoms with E-state index in [1.54, 1.807) is 13.1 Å². The van der Waals surface area contributed by atoms with Gasteiger partial charge in [0.1, 0.15) is 5.82 Å². The molecule has 1 fully saturated rings. The van der Waals surface area contributed by atoms with E-state index in [1.165, 1.54) is 6.07 Å². The molecule has 7 nitrogen and oxygen atoms in total. The predicted octanol–water partition coefficient (Wildman–Crippen LogP) is 1.77. The second-order valence-electron chi connectivity index (χ2n) is 4.90. The number of nitrogens with one attached hydrogen (secondary N) is 1. The van der Waals surface area contributed by atoms with Gasteiger partial charge in [0.25, 0.3) is 0 Å². The van der Waals surface area contributed by atoms with Crippen molar-refractivity contribution in [1.82, 2.24) is 4.98 Å². The quantitative estimate of drug-likeness (QED) is 0.584. The van der Waals surface area contributed by atoms with Crippen molar-refractivity contribution in [2.24, 2.45) is 0 Å². The van der Waals surface area contributed by atoms with Gasteiger partial charge in [0.2, 0.25) is 5.82 Å². The lowest BCUT2D eigenvalue weighted by molar-refractivity contribution is -0.384. The molecule has 0 bridgehead atoms. The summed E-state index contributed by atoms with van der Waals surface area (Å²) in [6, 6.07) is 3.38. The molecule has 0 saturated heterocycles. The Bertz CT molecular complexity index is 477. The van der Waals surface area contributed by atoms with Crippen LogP contribution in [0.1, 0.15) is 25.7 Å². The first-order valence-electron chi connectivity index (χ1n) is 6.88. The molecule has 0 aliphatic heterocycles. The van der Waals surface area contributed by atoms with Crippen molar-refractivity contribution in [3.63, 3.8) is 0 Å². The first-order chi connectivity index (χ1) is 9.67. The van der Waals surface area contributed by atoms with Gasteiger partial charge in [-0.05, 0) is 31.7 Å². The fourth-order valence-corrected chi connectivity index (χ4v) is 2.33. The smallest absolute Gasteiger partial charge is 0.311 e. The maximum absolute atomic E-state index is 11.2. The van der Waals surface area contributed by atoms with Gasteiger partial charge in [-0.25, -0.2) is 4.98 Å². The Labute approximate surface area is 117 Å². The Kier molecular flexibility index (Phi) is 4.73. The maximum atomic E-state index is 11.2. The summed E-state index contributed by atoms with van der Waals surface area (Å²) in [5.74, 6) is 1.01. The zero-order valence-corrected chi connectivity index (χ0v) is 11.6. The molecule has 0 amide bonds. The third-order valence-electron chi connectivity index (χ3n) is 3.65. The highest BCUT2D eigenvalue weighted by Crippen LogP contribution is 2.34. The number of aliphatic hydroxyl groups excluding tert-OH is 1. The Balaban J connectivity index is 2.35. The van der Waals surface area contributed by atoms with Gasteiger partial charge >= 0.3 is 5.69 Å². The molecule has 0 aromatic carbocycles. The summed E-state index contributed by atoms with van der Waals surface area (Å²) in [7, 11) is 1.74. The van der Waals surface area contributed by atoms with E-state index in [0.717, 1.165) is 19.3 Å². The van der Waals surface area contributed by atoms with Crippen LogP contribution in [0.5, 0.6) is 0 Å². The van der Waals surface area contributed by atoms with Gasteiger partial charge in [0.15, 0.2) is 0 Å². The van der Waals surface area contributed by atoms with E-state index >= 15 is 0 Å². The molecular weight excluding hydrogens is 260 g/mol. The van der Waals surface area contributed by atoms with Crippen LogP contribution in [0.3, 0.4) is 0 Å². The molecule has 1 aliphatic carbocycles. The molecule has 2 rings (SSSR count). The number of hydrogen-bond acceptors (Lipinski definition) is 6. The summed E-state index contributed by atoms with van der Waals surface area (Å²) in [6.45, 7) is 0.658. The molecule has 0 spiro atoms. The van der Waals surface area contributed by atoms with Gasteiger partial charge in [0, 0.05) is 32.3 Å². The second kappa shape index (κ2) is 6.51. The van der Waals surface area contributed by atoms with Crippen molar-refractivity contribution >= 4 is 17.3 Å². The van der Waals surface area contributed by atoms with E-state index in [-0.39, 0.29) is 12.3 Å². The van der Waals surface area contributed by atoms with Gasteiger partial charge < -0.3 is 15.3 Å². The van der Waals surface area contributed by atoms with E-state index < -0.39 is 4.92 Å². The minimum Gasteiger partial charge on any atom is -0.396 e. The largest absolute Gasteiger partial charge is 0.396 e. The molecule has 1 heterocycles. The Morgan fingerprint density at radius 3 is 2.80 bits per heavy atom. The van der Waals surface area contributed by atoms with Crippen molar-refractivity contribution in [2.45, 2.75) is 31.7 Å². The van der Waals surface area contributed by atoms with Crippen LogP contribution in [-0.4, -0.2) is 41.3 Å². The molecular formula is C13H20N4O3. The van der Waals surface area contributed by atoms with Gasteiger partial charge in [0.05, 0.1) is 4.92 Å². The second-order valence-corrected chi connectivity index (χ2v) is 4.90. The van der Waals surface area contributed by atoms with Crippen molar-refractivity contribution < 1.29 is 10.0 Å². The Morgan fingerprint density at radius 1 is 1.55 bits per heavy atom. The molecule has 0 unspecified atom stereocenters. The Morgan fingerprint density at radius 2 is 2.30 bits per heavy atom. The van der Waals surface area contributed by atoms with Crippen molar-refractivity contribution in [3.05, 3.63) is 22.2 Å². The monoisotopic (exact) mass is 280 g/mol. The lowest BCUT2D eigenvalue weighted by Gasteiger charge is -2.38. The number of hydrogen-bond donors (Lipinski definition) is 2. The summed E-state index contributed by atoms with van der Waals surface area (Å²) in [5.41, 5.74) is 0.0221. The molecule has 20 heavy (non-hydrogen) atoms. The maximum Gasteiger partial charge on any atom is 0.311 e. The lowest BCUT2D eigenvalue weighted by atomic mass is 9.91. The van der Waals surface area contributed by atoms with Gasteiger partial charge in [-0.3, -0.25) is 10.1 Å². The van der Waals surface area contributed by atoms with Gasteiger partial charge in [-0.15, -0.1) is 0 Å². The Hall–Kier alpha value is -1.89. The summed E-state index contributed by atoms with van der Waals surface area (Å²) >= 11 is 0. The fourth-order valence-electron chi connectivity index (χ4n) is 2.33. The van der Waals surface area contributed by atoms with Crippen LogP contribution in [-0.2, 0) is 0 Å². The minimum atomic E-state index is -0.396. The third-order valence-corrected chi connectivity index (χ3v) is 3.65. The minimum absolute atomic E-state index is 0.0221. The summed E-state index contributed by atoms with van der Waals surface area (Å²) in [5, 5.41) is 23.1. The summed E-state index contributed by atoms with van der Waals surface area (Å²) < 4.78 is 0. The van der Waals surface area contributed by atoms with E-state index in [4.69, 9.17) is 5.11 Å². The van der Waals surface area contributed by atoms with E-state index in [9.17, 15) is 10.1 Å². The molecule has 2 N–H and O–H groups in total. The van der Waals surface area contributed by atoms with Crippen LogP contribution in [0.2, 0.25) is 0 Å². The lowest BCUT2D eigenvalue weighted by Crippen LogP contribution is -2.42. The molecule has 0 atom stereocenters. The topological polar surface area (TPSA) is 91.5 Å². The molecule has 1 saturated carbocycles. The highest BCUT2D eigenvalue weighted by Gasteiger charge is 2.30. The molecule has 1 aromatic heterocycles. The standard InChI is InChI=1S/C13H20N4O3/c1-14-12-7-6-11(17(19)20)13(15-12)16(8-3-9-18)10-4-2-5-10/h6-7,10,18H,2-5,8-9H2,1H3,(H,14,15). The number of nitrogens with zero attached hydrogens (tertiary/aromatic N) is 3. The third kappa shape index (κ3) is 2.98. The number of anilines is 2. The normalized spacial score (nSPS) is 14.7. The van der Waals surface area contributed by atoms with E-state index in [2.05, 4.69) is 10.3 Å². The highest BCUT2D eigenvalue weighted by atomic mass is 16.6. The van der Waals surface area contributed by atoms with Gasteiger partial charge in [-0.1, -0.05) is 0 Å². The van der Waals surface area contributed by atoms with Gasteiger partial charge in [-0.2, -0.15) is 0 Å². The van der Waals surface area contributed by atoms with E-state index in [0.29, 0.717) is 30.6 Å². The zero-order valence-electron chi connectivity index (χ0n) is 11.6. The number of aromatic nitrogens is 1. The highest BCUT2D eigenvalue weighted by molar-refractivity contribution is 5.62. The molecule has 7 heteroatoms. The summed E-state index contributed by atoms with van der Waals surface area (Å²) in [6.07, 6.45) is 3.76. The van der Waals surface area contributed by atoms with Crippen molar-refractivity contribution in [3.8, 4) is 0 Å². The molecule has 1 aromatic rings. The number of pyridine rings is 1. The number of nitro groups is 1. The molecule has 1 aliphatic rings. The SMILES string of the molecule is CNc1ccc([N+](=O)[O-])c(N(CCCO)C2CCC2)n1. The van der Waals surface area contributed by atoms with E-state index in [1.807, 2.05) is 4.90 Å². The molecule has 110 valence electrons. The van der Waals surface area contributed by atoms with Crippen molar-refractivity contribution in [1.29, 1.82) is 0 Å². The average Bonchev–Trinajstić information content (AvgIpc) is 2.40. The fraction of sp³-hybridized carbons (Fsp3) is 0.615. The predicted molar refractivity (Wildman–Crippen MR) is 77.1 cm³/mol. The molecule has 0 radical (unpaired) electrons. The average molecular weight is 280 g/mol. The van der Waals surface area contributed by atoms with Crippen LogP contribution in [0.25, 0.3) is 0 Å². The van der Waals surface area contributed by atoms with Crippen LogP contribution in [0, 0.1) is 10.1 Å². The first-order valence-corrected chi connectivity index (χ1v) is 6.88. The van der Waals surface area contributed by atoms with Crippen molar-refractivity contribution in [2.75, 3.05) is 30.4 Å². The zero-order chi connectivity index (χ0) is 14.5. The first kappa shape index (κ1) is 14.5.